The number of aliphatic carboxylic acids is 1. The summed E-state index contributed by atoms with van der Waals surface area (Å²) in [5.74, 6) is -1.12. The molecule has 2 aromatic rings. The van der Waals surface area contributed by atoms with Crippen molar-refractivity contribution >= 4 is 34.3 Å². The van der Waals surface area contributed by atoms with Crippen molar-refractivity contribution in [3.05, 3.63) is 34.5 Å². The number of rotatable bonds is 4. The van der Waals surface area contributed by atoms with Gasteiger partial charge in [0, 0.05) is 35.6 Å². The van der Waals surface area contributed by atoms with Crippen molar-refractivity contribution in [2.24, 2.45) is 7.05 Å². The van der Waals surface area contributed by atoms with Crippen LogP contribution in [-0.2, 0) is 11.8 Å². The van der Waals surface area contributed by atoms with Gasteiger partial charge in [0.05, 0.1) is 11.9 Å². The normalized spacial score (nSPS) is 10.9. The van der Waals surface area contributed by atoms with Gasteiger partial charge >= 0.3 is 5.97 Å². The zero-order chi connectivity index (χ0) is 14.2. The van der Waals surface area contributed by atoms with E-state index in [0.717, 1.165) is 16.5 Å². The van der Waals surface area contributed by atoms with Crippen molar-refractivity contribution in [1.82, 2.24) is 4.57 Å². The quantitative estimate of drug-likeness (QED) is 0.875. The second-order valence-electron chi connectivity index (χ2n) is 4.54. The Bertz CT molecular complexity index is 673. The molecule has 0 fully saturated rings. The number of benzene rings is 1. The number of carbonyl (C=O) groups excluding carboxylic acids is 1. The molecule has 100 valence electrons. The van der Waals surface area contributed by atoms with Crippen molar-refractivity contribution in [1.29, 1.82) is 0 Å². The smallest absolute Gasteiger partial charge is 0.303 e. The lowest BCUT2D eigenvalue weighted by Crippen LogP contribution is -2.03. The molecule has 0 amide bonds. The van der Waals surface area contributed by atoms with Gasteiger partial charge in [0.25, 0.3) is 0 Å². The molecule has 0 spiro atoms. The van der Waals surface area contributed by atoms with E-state index in [4.69, 9.17) is 16.7 Å². The van der Waals surface area contributed by atoms with E-state index in [9.17, 15) is 9.59 Å². The molecule has 4 nitrogen and oxygen atoms in total. The minimum absolute atomic E-state index is 0.0100. The number of aryl methyl sites for hydroxylation is 2. The summed E-state index contributed by atoms with van der Waals surface area (Å²) in [6, 6.07) is 3.56. The van der Waals surface area contributed by atoms with Crippen LogP contribution in [-0.4, -0.2) is 21.4 Å². The van der Waals surface area contributed by atoms with Crippen LogP contribution in [0.4, 0.5) is 0 Å². The third-order valence-corrected chi connectivity index (χ3v) is 3.61. The fraction of sp³-hybridized carbons (Fsp3) is 0.286. The van der Waals surface area contributed by atoms with Gasteiger partial charge in [-0.25, -0.2) is 0 Å². The lowest BCUT2D eigenvalue weighted by Gasteiger charge is -2.03. The zero-order valence-corrected chi connectivity index (χ0v) is 11.5. The third-order valence-electron chi connectivity index (χ3n) is 3.20. The molecule has 0 saturated carbocycles. The van der Waals surface area contributed by atoms with Crippen molar-refractivity contribution in [2.45, 2.75) is 19.8 Å². The average molecular weight is 280 g/mol. The fourth-order valence-corrected chi connectivity index (χ4v) is 2.40. The Kier molecular flexibility index (Phi) is 3.62. The number of aromatic nitrogens is 1. The van der Waals surface area contributed by atoms with E-state index in [2.05, 4.69) is 0 Å². The average Bonchev–Trinajstić information content (AvgIpc) is 2.69. The van der Waals surface area contributed by atoms with Crippen LogP contribution < -0.4 is 0 Å². The molecule has 2 rings (SSSR count). The number of nitrogens with zero attached hydrogens (tertiary/aromatic N) is 1. The molecule has 0 radical (unpaired) electrons. The third kappa shape index (κ3) is 2.49. The molecule has 0 bridgehead atoms. The lowest BCUT2D eigenvalue weighted by atomic mass is 10.0. The first-order valence-corrected chi connectivity index (χ1v) is 6.28. The van der Waals surface area contributed by atoms with E-state index in [1.807, 2.05) is 18.5 Å². The number of halogens is 1. The molecule has 0 aliphatic rings. The minimum Gasteiger partial charge on any atom is -0.481 e. The van der Waals surface area contributed by atoms with Gasteiger partial charge in [-0.3, -0.25) is 9.59 Å². The first-order chi connectivity index (χ1) is 8.91. The second kappa shape index (κ2) is 5.05. The summed E-state index contributed by atoms with van der Waals surface area (Å²) in [6.07, 6.45) is 1.59. The highest BCUT2D eigenvalue weighted by Gasteiger charge is 2.16. The van der Waals surface area contributed by atoms with Crippen molar-refractivity contribution in [3.63, 3.8) is 0 Å². The van der Waals surface area contributed by atoms with E-state index in [-0.39, 0.29) is 18.6 Å². The molecule has 0 unspecified atom stereocenters. The van der Waals surface area contributed by atoms with Crippen molar-refractivity contribution in [3.8, 4) is 0 Å². The van der Waals surface area contributed by atoms with Crippen molar-refractivity contribution < 1.29 is 14.7 Å². The maximum Gasteiger partial charge on any atom is 0.303 e. The maximum atomic E-state index is 12.1. The van der Waals surface area contributed by atoms with E-state index in [1.54, 1.807) is 18.3 Å². The van der Waals surface area contributed by atoms with Gasteiger partial charge in [-0.05, 0) is 18.6 Å². The summed E-state index contributed by atoms with van der Waals surface area (Å²) >= 11 is 6.08. The lowest BCUT2D eigenvalue weighted by molar-refractivity contribution is -0.136. The van der Waals surface area contributed by atoms with E-state index >= 15 is 0 Å². The van der Waals surface area contributed by atoms with Gasteiger partial charge in [-0.1, -0.05) is 17.7 Å². The maximum absolute atomic E-state index is 12.1. The molecule has 1 heterocycles. The van der Waals surface area contributed by atoms with Crippen molar-refractivity contribution in [2.75, 3.05) is 0 Å². The van der Waals surface area contributed by atoms with Crippen LogP contribution in [0, 0.1) is 6.92 Å². The second-order valence-corrected chi connectivity index (χ2v) is 4.95. The van der Waals surface area contributed by atoms with E-state index in [0.29, 0.717) is 10.6 Å². The Balaban J connectivity index is 2.48. The van der Waals surface area contributed by atoms with Gasteiger partial charge < -0.3 is 9.67 Å². The molecule has 5 heteroatoms. The standard InChI is InChI=1S/C14H14ClNO3/c1-8-11(15)4-3-9-10(7-16(2)14(8)9)12(17)5-6-13(18)19/h3-4,7H,5-6H2,1-2H3,(H,18,19). The predicted molar refractivity (Wildman–Crippen MR) is 73.9 cm³/mol. The summed E-state index contributed by atoms with van der Waals surface area (Å²) in [5, 5.41) is 10.1. The monoisotopic (exact) mass is 279 g/mol. The number of hydrogen-bond donors (Lipinski definition) is 1. The molecular formula is C14H14ClNO3. The topological polar surface area (TPSA) is 59.3 Å². The number of carboxylic acids is 1. The van der Waals surface area contributed by atoms with Crippen LogP contribution in [0.15, 0.2) is 18.3 Å². The van der Waals surface area contributed by atoms with Crippen LogP contribution in [0.5, 0.6) is 0 Å². The Hall–Kier alpha value is -1.81. The summed E-state index contributed by atoms with van der Waals surface area (Å²) in [4.78, 5) is 22.6. The number of fused-ring (bicyclic) bond motifs is 1. The van der Waals surface area contributed by atoms with E-state index in [1.165, 1.54) is 0 Å². The van der Waals surface area contributed by atoms with Gasteiger partial charge in [-0.2, -0.15) is 0 Å². The molecule has 1 aromatic carbocycles. The minimum atomic E-state index is -0.965. The Morgan fingerprint density at radius 1 is 1.32 bits per heavy atom. The predicted octanol–water partition coefficient (Wildman–Crippen LogP) is 3.19. The van der Waals surface area contributed by atoms with Crippen LogP contribution in [0.25, 0.3) is 10.9 Å². The number of hydrogen-bond acceptors (Lipinski definition) is 2. The van der Waals surface area contributed by atoms with Crippen LogP contribution in [0.1, 0.15) is 28.8 Å². The summed E-state index contributed by atoms with van der Waals surface area (Å²) in [6.45, 7) is 1.90. The Morgan fingerprint density at radius 3 is 2.63 bits per heavy atom. The summed E-state index contributed by atoms with van der Waals surface area (Å²) in [5.41, 5.74) is 2.38. The largest absolute Gasteiger partial charge is 0.481 e. The van der Waals surface area contributed by atoms with Gasteiger partial charge in [0.2, 0.25) is 0 Å². The summed E-state index contributed by atoms with van der Waals surface area (Å²) in [7, 11) is 1.85. The number of ketones is 1. The Labute approximate surface area is 115 Å². The molecule has 19 heavy (non-hydrogen) atoms. The molecule has 1 N–H and O–H groups in total. The fourth-order valence-electron chi connectivity index (χ4n) is 2.25. The van der Waals surface area contributed by atoms with Gasteiger partial charge in [-0.15, -0.1) is 0 Å². The molecular weight excluding hydrogens is 266 g/mol. The SMILES string of the molecule is Cc1c(Cl)ccc2c(C(=O)CCC(=O)O)cn(C)c12. The molecule has 0 aliphatic carbocycles. The summed E-state index contributed by atoms with van der Waals surface area (Å²) < 4.78 is 1.85. The number of carbonyl (C=O) groups is 2. The Morgan fingerprint density at radius 2 is 2.00 bits per heavy atom. The first-order valence-electron chi connectivity index (χ1n) is 5.91. The van der Waals surface area contributed by atoms with Gasteiger partial charge in [0.15, 0.2) is 5.78 Å². The number of Topliss-reactive ketones (excluding diaryl/α,β-unsaturated/α-hetero) is 1. The first kappa shape index (κ1) is 13.6. The molecule has 0 aliphatic heterocycles. The van der Waals surface area contributed by atoms with Crippen LogP contribution in [0.2, 0.25) is 5.02 Å². The van der Waals surface area contributed by atoms with E-state index < -0.39 is 5.97 Å². The number of carboxylic acid groups (broad SMARTS) is 1. The van der Waals surface area contributed by atoms with Crippen LogP contribution in [0.3, 0.4) is 0 Å². The molecule has 0 atom stereocenters. The highest BCUT2D eigenvalue weighted by atomic mass is 35.5. The molecule has 0 saturated heterocycles. The zero-order valence-electron chi connectivity index (χ0n) is 10.7. The molecule has 1 aromatic heterocycles. The highest BCUT2D eigenvalue weighted by molar-refractivity contribution is 6.32. The van der Waals surface area contributed by atoms with Gasteiger partial charge in [0.1, 0.15) is 0 Å². The van der Waals surface area contributed by atoms with Crippen LogP contribution >= 0.6 is 11.6 Å². The highest BCUT2D eigenvalue weighted by Crippen LogP contribution is 2.29.